The molecule has 0 aliphatic heterocycles. The molecule has 2 aromatic heterocycles. The molecule has 0 aliphatic carbocycles. The molecule has 5 heteroatoms. The van der Waals surface area contributed by atoms with E-state index in [2.05, 4.69) is 34.2 Å². The van der Waals surface area contributed by atoms with E-state index in [1.165, 1.54) is 0 Å². The monoisotopic (exact) mass is 259 g/mol. The Morgan fingerprint density at radius 1 is 1.32 bits per heavy atom. The molecule has 0 radical (unpaired) electrons. The third-order valence-electron chi connectivity index (χ3n) is 2.84. The van der Waals surface area contributed by atoms with Crippen molar-refractivity contribution in [1.29, 1.82) is 0 Å². The molecule has 0 spiro atoms. The molecule has 19 heavy (non-hydrogen) atoms. The van der Waals surface area contributed by atoms with Crippen LogP contribution in [-0.4, -0.2) is 26.3 Å². The van der Waals surface area contributed by atoms with Gasteiger partial charge in [-0.05, 0) is 13.0 Å². The molecule has 0 aliphatic rings. The maximum Gasteiger partial charge on any atom is 0.133 e. The second-order valence-electron chi connectivity index (χ2n) is 5.06. The molecule has 0 fully saturated rings. The van der Waals surface area contributed by atoms with Gasteiger partial charge in [0.15, 0.2) is 0 Å². The fraction of sp³-hybridized carbons (Fsp3) is 0.500. The first-order chi connectivity index (χ1) is 9.04. The molecular formula is C14H21N5. The lowest BCUT2D eigenvalue weighted by Gasteiger charge is -2.09. The topological polar surface area (TPSA) is 55.6 Å². The van der Waals surface area contributed by atoms with Gasteiger partial charge in [-0.2, -0.15) is 5.10 Å². The van der Waals surface area contributed by atoms with Crippen molar-refractivity contribution in [2.75, 3.05) is 11.9 Å². The van der Waals surface area contributed by atoms with E-state index in [-0.39, 0.29) is 0 Å². The molecule has 1 N–H and O–H groups in total. The summed E-state index contributed by atoms with van der Waals surface area (Å²) in [6.07, 6.45) is 2.85. The Labute approximate surface area is 114 Å². The van der Waals surface area contributed by atoms with E-state index in [1.807, 2.05) is 37.0 Å². The number of rotatable bonds is 5. The van der Waals surface area contributed by atoms with Crippen LogP contribution in [-0.2, 0) is 13.5 Å². The van der Waals surface area contributed by atoms with Crippen LogP contribution in [0.2, 0.25) is 0 Å². The van der Waals surface area contributed by atoms with Gasteiger partial charge >= 0.3 is 0 Å². The van der Waals surface area contributed by atoms with Crippen LogP contribution in [0.1, 0.15) is 37.0 Å². The van der Waals surface area contributed by atoms with Crippen molar-refractivity contribution in [3.05, 3.63) is 35.5 Å². The molecule has 102 valence electrons. The number of nitrogens with one attached hydrogen (secondary N) is 1. The minimum absolute atomic E-state index is 0.344. The van der Waals surface area contributed by atoms with Gasteiger partial charge in [0.05, 0.1) is 5.69 Å². The van der Waals surface area contributed by atoms with E-state index in [0.717, 1.165) is 36.0 Å². The zero-order valence-electron chi connectivity index (χ0n) is 12.0. The molecular weight excluding hydrogens is 238 g/mol. The molecule has 0 amide bonds. The average molecular weight is 259 g/mol. The molecule has 0 aromatic carbocycles. The second-order valence-corrected chi connectivity index (χ2v) is 5.06. The maximum atomic E-state index is 4.52. The summed E-state index contributed by atoms with van der Waals surface area (Å²) < 4.78 is 1.82. The summed E-state index contributed by atoms with van der Waals surface area (Å²) in [5, 5.41) is 7.69. The van der Waals surface area contributed by atoms with Gasteiger partial charge in [0, 0.05) is 43.9 Å². The lowest BCUT2D eigenvalue weighted by Crippen LogP contribution is -2.10. The Kier molecular flexibility index (Phi) is 4.14. The average Bonchev–Trinajstić information content (AvgIpc) is 2.74. The summed E-state index contributed by atoms with van der Waals surface area (Å²) in [5.41, 5.74) is 2.09. The van der Waals surface area contributed by atoms with E-state index in [0.29, 0.717) is 5.92 Å². The molecule has 0 saturated heterocycles. The Bertz CT molecular complexity index is 545. The van der Waals surface area contributed by atoms with Crippen LogP contribution in [0.4, 0.5) is 5.82 Å². The Morgan fingerprint density at radius 2 is 2.11 bits per heavy atom. The minimum Gasteiger partial charge on any atom is -0.370 e. The van der Waals surface area contributed by atoms with Crippen molar-refractivity contribution in [2.24, 2.45) is 7.05 Å². The number of aryl methyl sites for hydroxylation is 2. The Hall–Kier alpha value is -1.91. The largest absolute Gasteiger partial charge is 0.370 e. The number of anilines is 1. The Morgan fingerprint density at radius 3 is 2.74 bits per heavy atom. The first kappa shape index (κ1) is 13.5. The van der Waals surface area contributed by atoms with Crippen molar-refractivity contribution in [3.63, 3.8) is 0 Å². The summed E-state index contributed by atoms with van der Waals surface area (Å²) in [5.74, 6) is 2.13. The third-order valence-corrected chi connectivity index (χ3v) is 2.84. The first-order valence-corrected chi connectivity index (χ1v) is 6.62. The van der Waals surface area contributed by atoms with E-state index >= 15 is 0 Å². The molecule has 2 aromatic rings. The van der Waals surface area contributed by atoms with E-state index in [9.17, 15) is 0 Å². The summed E-state index contributed by atoms with van der Waals surface area (Å²) in [7, 11) is 1.93. The van der Waals surface area contributed by atoms with Crippen LogP contribution in [0, 0.1) is 6.92 Å². The van der Waals surface area contributed by atoms with Gasteiger partial charge in [-0.15, -0.1) is 0 Å². The second kappa shape index (κ2) is 5.82. The quantitative estimate of drug-likeness (QED) is 0.895. The summed E-state index contributed by atoms with van der Waals surface area (Å²) in [4.78, 5) is 8.96. The first-order valence-electron chi connectivity index (χ1n) is 6.62. The lowest BCUT2D eigenvalue weighted by atomic mass is 10.2. The lowest BCUT2D eigenvalue weighted by molar-refractivity contribution is 0.740. The van der Waals surface area contributed by atoms with Gasteiger partial charge in [-0.25, -0.2) is 9.97 Å². The van der Waals surface area contributed by atoms with E-state index < -0.39 is 0 Å². The van der Waals surface area contributed by atoms with Gasteiger partial charge in [0.25, 0.3) is 0 Å². The van der Waals surface area contributed by atoms with Crippen molar-refractivity contribution < 1.29 is 0 Å². The standard InChI is InChI=1S/C14H21N5/c1-10(2)14-16-11(3)9-13(17-14)15-7-5-12-6-8-19(4)18-12/h6,8-10H,5,7H2,1-4H3,(H,15,16,17). The number of hydrogen-bond acceptors (Lipinski definition) is 4. The van der Waals surface area contributed by atoms with Crippen LogP contribution < -0.4 is 5.32 Å². The van der Waals surface area contributed by atoms with Gasteiger partial charge in [0.1, 0.15) is 11.6 Å². The van der Waals surface area contributed by atoms with Crippen molar-refractivity contribution >= 4 is 5.82 Å². The molecule has 0 unspecified atom stereocenters. The Balaban J connectivity index is 1.95. The molecule has 0 bridgehead atoms. The molecule has 2 heterocycles. The fourth-order valence-electron chi connectivity index (χ4n) is 1.86. The van der Waals surface area contributed by atoms with Crippen molar-refractivity contribution in [3.8, 4) is 0 Å². The number of nitrogens with zero attached hydrogens (tertiary/aromatic N) is 4. The van der Waals surface area contributed by atoms with Gasteiger partial charge in [-0.3, -0.25) is 4.68 Å². The van der Waals surface area contributed by atoms with Crippen LogP contribution in [0.25, 0.3) is 0 Å². The highest BCUT2D eigenvalue weighted by molar-refractivity contribution is 5.36. The summed E-state index contributed by atoms with van der Waals surface area (Å²) in [6.45, 7) is 7.03. The van der Waals surface area contributed by atoms with Crippen LogP contribution in [0.15, 0.2) is 18.3 Å². The molecule has 2 rings (SSSR count). The normalized spacial score (nSPS) is 11.0. The smallest absolute Gasteiger partial charge is 0.133 e. The van der Waals surface area contributed by atoms with Crippen molar-refractivity contribution in [1.82, 2.24) is 19.7 Å². The van der Waals surface area contributed by atoms with Crippen molar-refractivity contribution in [2.45, 2.75) is 33.1 Å². The number of aromatic nitrogens is 4. The third kappa shape index (κ3) is 3.77. The van der Waals surface area contributed by atoms with Crippen LogP contribution in [0.3, 0.4) is 0 Å². The molecule has 5 nitrogen and oxygen atoms in total. The number of hydrogen-bond donors (Lipinski definition) is 1. The van der Waals surface area contributed by atoms with Crippen LogP contribution >= 0.6 is 0 Å². The maximum absolute atomic E-state index is 4.52. The molecule has 0 saturated carbocycles. The highest BCUT2D eigenvalue weighted by Gasteiger charge is 2.06. The van der Waals surface area contributed by atoms with Gasteiger partial charge < -0.3 is 5.32 Å². The summed E-state index contributed by atoms with van der Waals surface area (Å²) >= 11 is 0. The SMILES string of the molecule is Cc1cc(NCCc2ccn(C)n2)nc(C(C)C)n1. The zero-order chi connectivity index (χ0) is 13.8. The minimum atomic E-state index is 0.344. The highest BCUT2D eigenvalue weighted by atomic mass is 15.2. The highest BCUT2D eigenvalue weighted by Crippen LogP contribution is 2.13. The van der Waals surface area contributed by atoms with Crippen LogP contribution in [0.5, 0.6) is 0 Å². The predicted molar refractivity (Wildman–Crippen MR) is 76.3 cm³/mol. The van der Waals surface area contributed by atoms with E-state index in [4.69, 9.17) is 0 Å². The summed E-state index contributed by atoms with van der Waals surface area (Å²) in [6, 6.07) is 4.01. The van der Waals surface area contributed by atoms with E-state index in [1.54, 1.807) is 0 Å². The predicted octanol–water partition coefficient (Wildman–Crippen LogP) is 2.30. The van der Waals surface area contributed by atoms with Gasteiger partial charge in [-0.1, -0.05) is 13.8 Å². The van der Waals surface area contributed by atoms with Gasteiger partial charge in [0.2, 0.25) is 0 Å². The fourth-order valence-corrected chi connectivity index (χ4v) is 1.86. The molecule has 0 atom stereocenters. The zero-order valence-corrected chi connectivity index (χ0v) is 12.0.